The zero-order chi connectivity index (χ0) is 35.9. The van der Waals surface area contributed by atoms with Gasteiger partial charge < -0.3 is 29.0 Å². The molecule has 2 heterocycles. The molecular weight excluding hydrogens is 657 g/mol. The molecule has 1 atom stereocenters. The summed E-state index contributed by atoms with van der Waals surface area (Å²) in [5.74, 6) is -0.0440. The van der Waals surface area contributed by atoms with E-state index in [-0.39, 0.29) is 61.2 Å². The predicted octanol–water partition coefficient (Wildman–Crippen LogP) is 6.28. The number of methoxy groups -OCH3 is 2. The van der Waals surface area contributed by atoms with E-state index >= 15 is 0 Å². The number of carbonyl (C=O) groups is 3. The molecule has 1 N–H and O–H groups in total. The van der Waals surface area contributed by atoms with E-state index in [0.717, 1.165) is 6.42 Å². The summed E-state index contributed by atoms with van der Waals surface area (Å²) >= 11 is 6.07. The Bertz CT molecular complexity index is 1680. The Balaban J connectivity index is 1.65. The molecule has 264 valence electrons. The number of hydrogen-bond acceptors (Lipinski definition) is 9. The number of benzene rings is 2. The number of ether oxygens (including phenoxy) is 4. The van der Waals surface area contributed by atoms with Crippen LogP contribution in [0, 0.1) is 5.82 Å². The fraction of sp³-hybridized carbons (Fsp3) is 0.444. The second kappa shape index (κ2) is 15.9. The number of rotatable bonds is 13. The predicted molar refractivity (Wildman–Crippen MR) is 182 cm³/mol. The average molecular weight is 700 g/mol. The van der Waals surface area contributed by atoms with E-state index in [1.807, 2.05) is 6.92 Å². The Morgan fingerprint density at radius 3 is 2.35 bits per heavy atom. The molecule has 0 spiro atoms. The van der Waals surface area contributed by atoms with Crippen LogP contribution < -0.4 is 14.2 Å². The highest BCUT2D eigenvalue weighted by Crippen LogP contribution is 2.36. The number of nitrogens with zero attached hydrogens (tertiary/aromatic N) is 3. The molecule has 11 nitrogen and oxygen atoms in total. The molecule has 3 aromatic rings. The van der Waals surface area contributed by atoms with Crippen LogP contribution in [-0.2, 0) is 15.1 Å². The fourth-order valence-corrected chi connectivity index (χ4v) is 5.50. The molecular formula is C36H43ClFN3O8. The molecule has 0 aliphatic carbocycles. The first-order valence-electron chi connectivity index (χ1n) is 16.0. The first kappa shape index (κ1) is 37.4. The summed E-state index contributed by atoms with van der Waals surface area (Å²) in [5, 5.41) is 12.2. The highest BCUT2D eigenvalue weighted by molar-refractivity contribution is 6.31. The van der Waals surface area contributed by atoms with Crippen LogP contribution in [0.15, 0.2) is 48.5 Å². The van der Waals surface area contributed by atoms with Gasteiger partial charge in [0.2, 0.25) is 5.91 Å². The van der Waals surface area contributed by atoms with Crippen molar-refractivity contribution in [3.8, 4) is 28.5 Å². The van der Waals surface area contributed by atoms with Gasteiger partial charge in [-0.2, -0.15) is 0 Å². The zero-order valence-electron chi connectivity index (χ0n) is 28.7. The number of hydrogen-bond donors (Lipinski definition) is 1. The number of amides is 2. The van der Waals surface area contributed by atoms with Crippen LogP contribution in [0.5, 0.6) is 17.2 Å². The van der Waals surface area contributed by atoms with Crippen LogP contribution in [0.4, 0.5) is 9.18 Å². The molecule has 2 aromatic carbocycles. The van der Waals surface area contributed by atoms with Gasteiger partial charge >= 0.3 is 6.09 Å². The molecule has 4 rings (SSSR count). The van der Waals surface area contributed by atoms with Gasteiger partial charge in [0.1, 0.15) is 35.0 Å². The fourth-order valence-electron chi connectivity index (χ4n) is 5.32. The molecule has 1 fully saturated rings. The Morgan fingerprint density at radius 2 is 1.71 bits per heavy atom. The lowest BCUT2D eigenvalue weighted by atomic mass is 9.89. The van der Waals surface area contributed by atoms with E-state index in [1.165, 1.54) is 42.2 Å². The van der Waals surface area contributed by atoms with Crippen molar-refractivity contribution in [1.82, 2.24) is 14.8 Å². The maximum atomic E-state index is 14.0. The summed E-state index contributed by atoms with van der Waals surface area (Å²) in [5.41, 5.74) is -1.35. The number of β-amino-alcohol motifs (C(OH)–C–C–N with tert-alkyl or cyclic N) is 1. The normalized spacial score (nSPS) is 14.7. The molecule has 49 heavy (non-hydrogen) atoms. The summed E-state index contributed by atoms with van der Waals surface area (Å²) in [4.78, 5) is 47.0. The molecule has 2 amide bonds. The number of piperazine rings is 1. The van der Waals surface area contributed by atoms with Crippen molar-refractivity contribution in [3.63, 3.8) is 0 Å². The highest BCUT2D eigenvalue weighted by Gasteiger charge is 2.39. The van der Waals surface area contributed by atoms with E-state index in [1.54, 1.807) is 51.1 Å². The van der Waals surface area contributed by atoms with Crippen molar-refractivity contribution in [2.45, 2.75) is 58.2 Å². The standard InChI is InChI=1S/C36H43ClFN3O8/c1-7-18-48-28-11-9-23(20-30(28)47-6)27(42)14-15-36(45,22-41-17-16-40(21-32(41)43)34(44)49-35(2,3)4)31-13-12-29(46-5)33(39-31)24-8-10-26(38)25(37)19-24/h8-13,19-20,45H,7,14-18,21-22H2,1-6H3. The average Bonchev–Trinajstić information content (AvgIpc) is 3.07. The van der Waals surface area contributed by atoms with Gasteiger partial charge in [-0.25, -0.2) is 14.2 Å². The smallest absolute Gasteiger partial charge is 0.410 e. The van der Waals surface area contributed by atoms with E-state index in [2.05, 4.69) is 0 Å². The summed E-state index contributed by atoms with van der Waals surface area (Å²) in [6.07, 6.45) is -0.0461. The largest absolute Gasteiger partial charge is 0.494 e. The maximum Gasteiger partial charge on any atom is 0.410 e. The van der Waals surface area contributed by atoms with E-state index < -0.39 is 29.0 Å². The van der Waals surface area contributed by atoms with Crippen LogP contribution in [0.1, 0.15) is 63.0 Å². The van der Waals surface area contributed by atoms with E-state index in [4.69, 9.17) is 35.5 Å². The van der Waals surface area contributed by atoms with Crippen molar-refractivity contribution in [2.24, 2.45) is 0 Å². The molecule has 1 aliphatic rings. The van der Waals surface area contributed by atoms with Crippen LogP contribution in [0.25, 0.3) is 11.3 Å². The first-order valence-corrected chi connectivity index (χ1v) is 16.4. The zero-order valence-corrected chi connectivity index (χ0v) is 29.4. The monoisotopic (exact) mass is 699 g/mol. The molecule has 1 unspecified atom stereocenters. The van der Waals surface area contributed by atoms with Gasteiger partial charge in [0, 0.05) is 30.6 Å². The van der Waals surface area contributed by atoms with Crippen molar-refractivity contribution in [1.29, 1.82) is 0 Å². The van der Waals surface area contributed by atoms with Crippen LogP contribution in [0.2, 0.25) is 5.02 Å². The third-order valence-electron chi connectivity index (χ3n) is 7.88. The van der Waals surface area contributed by atoms with Gasteiger partial charge in [0.15, 0.2) is 17.3 Å². The number of Topliss-reactive ketones (excluding diaryl/α,β-unsaturated/α-hetero) is 1. The second-order valence-corrected chi connectivity index (χ2v) is 13.2. The summed E-state index contributed by atoms with van der Waals surface area (Å²) in [6, 6.07) is 12.1. The number of ketones is 1. The van der Waals surface area contributed by atoms with Gasteiger partial charge in [-0.05, 0) is 82.1 Å². The van der Waals surface area contributed by atoms with Crippen LogP contribution in [-0.4, -0.2) is 90.3 Å². The van der Waals surface area contributed by atoms with Gasteiger partial charge in [-0.1, -0.05) is 18.5 Å². The summed E-state index contributed by atoms with van der Waals surface area (Å²) in [6.45, 7) is 7.51. The van der Waals surface area contributed by atoms with Crippen molar-refractivity contribution >= 4 is 29.4 Å². The SMILES string of the molecule is CCCOc1ccc(C(=O)CCC(O)(CN2CCN(C(=O)OC(C)(C)C)CC2=O)c2ccc(OC)c(-c3ccc(F)c(Cl)c3)n2)cc1OC. The number of aromatic nitrogens is 1. The van der Waals surface area contributed by atoms with Crippen LogP contribution in [0.3, 0.4) is 0 Å². The third-order valence-corrected chi connectivity index (χ3v) is 8.17. The Morgan fingerprint density at radius 1 is 1.00 bits per heavy atom. The molecule has 1 aromatic heterocycles. The van der Waals surface area contributed by atoms with E-state index in [0.29, 0.717) is 35.0 Å². The van der Waals surface area contributed by atoms with E-state index in [9.17, 15) is 23.9 Å². The second-order valence-electron chi connectivity index (χ2n) is 12.8. The highest BCUT2D eigenvalue weighted by atomic mass is 35.5. The number of pyridine rings is 1. The van der Waals surface area contributed by atoms with Gasteiger partial charge in [0.05, 0.1) is 38.1 Å². The number of halogens is 2. The number of carbonyl (C=O) groups excluding carboxylic acids is 3. The third kappa shape index (κ3) is 9.39. The molecule has 0 radical (unpaired) electrons. The topological polar surface area (TPSA) is 128 Å². The number of aliphatic hydroxyl groups is 1. The lowest BCUT2D eigenvalue weighted by Crippen LogP contribution is -2.56. The first-order chi connectivity index (χ1) is 23.2. The van der Waals surface area contributed by atoms with Gasteiger partial charge in [-0.15, -0.1) is 0 Å². The molecule has 0 saturated carbocycles. The molecule has 0 bridgehead atoms. The minimum atomic E-state index is -1.83. The van der Waals surface area contributed by atoms with Crippen molar-refractivity contribution in [2.75, 3.05) is 47.0 Å². The molecule has 13 heteroatoms. The summed E-state index contributed by atoms with van der Waals surface area (Å²) in [7, 11) is 2.94. The summed E-state index contributed by atoms with van der Waals surface area (Å²) < 4.78 is 36.1. The minimum absolute atomic E-state index is 0.112. The Hall–Kier alpha value is -4.42. The Kier molecular flexibility index (Phi) is 12.1. The lowest BCUT2D eigenvalue weighted by Gasteiger charge is -2.39. The Labute approximate surface area is 290 Å². The van der Waals surface area contributed by atoms with Crippen molar-refractivity contribution in [3.05, 3.63) is 70.6 Å². The quantitative estimate of drug-likeness (QED) is 0.205. The maximum absolute atomic E-state index is 14.0. The lowest BCUT2D eigenvalue weighted by molar-refractivity contribution is -0.140. The molecule has 1 saturated heterocycles. The minimum Gasteiger partial charge on any atom is -0.494 e. The van der Waals surface area contributed by atoms with Crippen LogP contribution >= 0.6 is 11.6 Å². The molecule has 1 aliphatic heterocycles. The van der Waals surface area contributed by atoms with Gasteiger partial charge in [-0.3, -0.25) is 14.5 Å². The van der Waals surface area contributed by atoms with Gasteiger partial charge in [0.25, 0.3) is 0 Å². The van der Waals surface area contributed by atoms with Crippen molar-refractivity contribution < 1.29 is 42.8 Å².